The van der Waals surface area contributed by atoms with Crippen molar-refractivity contribution in [1.29, 1.82) is 0 Å². The molecule has 2 N–H and O–H groups in total. The van der Waals surface area contributed by atoms with Crippen LogP contribution in [-0.2, 0) is 33.4 Å². The Morgan fingerprint density at radius 1 is 1.07 bits per heavy atom. The largest absolute Gasteiger partial charge is 0.455 e. The third-order valence-corrected chi connectivity index (χ3v) is 12.8. The molecule has 2 bridgehead atoms. The fraction of sp³-hybridized carbons (Fsp3) is 0.545. The molecule has 3 aliphatic rings. The number of esters is 1. The van der Waals surface area contributed by atoms with E-state index in [0.717, 1.165) is 18.8 Å². The van der Waals surface area contributed by atoms with Crippen LogP contribution in [-0.4, -0.2) is 108 Å². The second kappa shape index (κ2) is 19.6. The fourth-order valence-electron chi connectivity index (χ4n) is 8.94. The van der Waals surface area contributed by atoms with E-state index < -0.39 is 64.5 Å². The second-order valence-electron chi connectivity index (χ2n) is 15.2. The van der Waals surface area contributed by atoms with E-state index in [0.29, 0.717) is 24.1 Å². The summed E-state index contributed by atoms with van der Waals surface area (Å²) in [6.45, 7) is 17.2. The number of ether oxygens (including phenoxy) is 3. The van der Waals surface area contributed by atoms with E-state index in [-0.39, 0.29) is 50.3 Å². The molecule has 0 aromatic heterocycles. The van der Waals surface area contributed by atoms with Crippen LogP contribution in [0.2, 0.25) is 0 Å². The molecule has 1 unspecified atom stereocenters. The molecule has 0 aliphatic carbocycles. The molecule has 2 aromatic rings. The zero-order valence-corrected chi connectivity index (χ0v) is 35.4. The van der Waals surface area contributed by atoms with Gasteiger partial charge in [0.25, 0.3) is 5.91 Å². The fourth-order valence-corrected chi connectivity index (χ4v) is 9.89. The lowest BCUT2D eigenvalue weighted by Crippen LogP contribution is -2.60. The van der Waals surface area contributed by atoms with Gasteiger partial charge in [-0.05, 0) is 62.4 Å². The average Bonchev–Trinajstić information content (AvgIpc) is 3.82. The summed E-state index contributed by atoms with van der Waals surface area (Å²) in [7, 11) is 1.50. The van der Waals surface area contributed by atoms with Gasteiger partial charge in [-0.15, -0.1) is 13.2 Å². The predicted molar refractivity (Wildman–Crippen MR) is 224 cm³/mol. The number of likely N-dealkylation sites (tertiary alicyclic amines) is 1. The molecule has 2 aromatic carbocycles. The van der Waals surface area contributed by atoms with Crippen LogP contribution >= 0.6 is 15.9 Å². The number of nitrogens with one attached hydrogen (secondary N) is 1. The summed E-state index contributed by atoms with van der Waals surface area (Å²) >= 11 is 3.78. The lowest BCUT2D eigenvalue weighted by molar-refractivity contribution is -0.163. The summed E-state index contributed by atoms with van der Waals surface area (Å²) in [5.41, 5.74) is 0.853. The minimum absolute atomic E-state index is 0.0388. The standard InChI is InChI=1S/C44H59BrN4O8/c1-8-13-19-35(51)46-33(27-55-7)38(29-17-15-14-16-18-29)56-43(54)36-37-41(52)49(34(26-50)28(6)10-3)40(44(37)25-32(45)39(36)57-44)42(53)48(24-9-2)31-22-20-30(21-23-31)47(11-4)12-5/h8-9,14-18,20-23,28,32-34,36-40,50H,1-2,10-13,19,24-27H2,3-7H3,(H,46,51)/t28-,32?,33+,34-,36+,37-,38+,39+,40+,44-/m0/s1. The topological polar surface area (TPSA) is 138 Å². The van der Waals surface area contributed by atoms with Crippen molar-refractivity contribution >= 4 is 51.0 Å². The number of fused-ring (bicyclic) bond motifs is 1. The molecule has 12 nitrogen and oxygen atoms in total. The third-order valence-electron chi connectivity index (χ3n) is 12.0. The molecule has 3 aliphatic heterocycles. The Labute approximate surface area is 345 Å². The third kappa shape index (κ3) is 8.72. The maximum atomic E-state index is 15.3. The number of methoxy groups -OCH3 is 1. The summed E-state index contributed by atoms with van der Waals surface area (Å²) < 4.78 is 18.8. The Balaban J connectivity index is 1.57. The van der Waals surface area contributed by atoms with Gasteiger partial charge >= 0.3 is 5.97 Å². The summed E-state index contributed by atoms with van der Waals surface area (Å²) in [6.07, 6.45) is 3.09. The number of anilines is 2. The van der Waals surface area contributed by atoms with Gasteiger partial charge in [-0.2, -0.15) is 0 Å². The van der Waals surface area contributed by atoms with Gasteiger partial charge in [0.2, 0.25) is 11.8 Å². The zero-order valence-electron chi connectivity index (χ0n) is 33.8. The Morgan fingerprint density at radius 2 is 1.74 bits per heavy atom. The first-order chi connectivity index (χ1) is 27.5. The maximum absolute atomic E-state index is 15.3. The number of rotatable bonds is 21. The van der Waals surface area contributed by atoms with E-state index in [9.17, 15) is 14.7 Å². The van der Waals surface area contributed by atoms with Crippen LogP contribution in [0, 0.1) is 17.8 Å². The lowest BCUT2D eigenvalue weighted by Gasteiger charge is -2.41. The summed E-state index contributed by atoms with van der Waals surface area (Å²) in [5.74, 6) is -4.13. The highest BCUT2D eigenvalue weighted by Crippen LogP contribution is 2.61. The van der Waals surface area contributed by atoms with Crippen LogP contribution < -0.4 is 15.1 Å². The number of carbonyl (C=O) groups is 4. The molecular weight excluding hydrogens is 792 g/mol. The molecule has 3 heterocycles. The van der Waals surface area contributed by atoms with Crippen molar-refractivity contribution in [2.75, 3.05) is 49.8 Å². The summed E-state index contributed by atoms with van der Waals surface area (Å²) in [4.78, 5) is 63.1. The van der Waals surface area contributed by atoms with E-state index in [4.69, 9.17) is 14.2 Å². The first kappa shape index (κ1) is 44.1. The van der Waals surface area contributed by atoms with Crippen molar-refractivity contribution < 1.29 is 38.5 Å². The molecule has 57 heavy (non-hydrogen) atoms. The molecule has 310 valence electrons. The van der Waals surface area contributed by atoms with Gasteiger partial charge in [-0.3, -0.25) is 19.2 Å². The first-order valence-corrected chi connectivity index (χ1v) is 21.0. The molecule has 13 heteroatoms. The highest BCUT2D eigenvalue weighted by atomic mass is 79.9. The first-order valence-electron chi connectivity index (χ1n) is 20.1. The van der Waals surface area contributed by atoms with Crippen LogP contribution in [0.15, 0.2) is 79.9 Å². The Hall–Kier alpha value is -4.04. The van der Waals surface area contributed by atoms with Crippen LogP contribution in [0.4, 0.5) is 11.4 Å². The molecular formula is C44H59BrN4O8. The number of halogens is 1. The van der Waals surface area contributed by atoms with Crippen molar-refractivity contribution in [2.45, 2.75) is 94.1 Å². The maximum Gasteiger partial charge on any atom is 0.313 e. The Bertz CT molecular complexity index is 1720. The van der Waals surface area contributed by atoms with Gasteiger partial charge in [0.1, 0.15) is 17.7 Å². The van der Waals surface area contributed by atoms with E-state index in [1.807, 2.05) is 56.3 Å². The smallest absolute Gasteiger partial charge is 0.313 e. The minimum atomic E-state index is -1.41. The van der Waals surface area contributed by atoms with Crippen molar-refractivity contribution in [2.24, 2.45) is 17.8 Å². The highest BCUT2D eigenvalue weighted by Gasteiger charge is 2.78. The van der Waals surface area contributed by atoms with E-state index >= 15 is 9.59 Å². The van der Waals surface area contributed by atoms with Crippen LogP contribution in [0.5, 0.6) is 0 Å². The molecule has 3 saturated heterocycles. The highest BCUT2D eigenvalue weighted by molar-refractivity contribution is 9.09. The van der Waals surface area contributed by atoms with Gasteiger partial charge in [-0.25, -0.2) is 0 Å². The monoisotopic (exact) mass is 850 g/mol. The summed E-state index contributed by atoms with van der Waals surface area (Å²) in [5, 5.41) is 13.9. The number of allylic oxidation sites excluding steroid dienone is 1. The second-order valence-corrected chi connectivity index (χ2v) is 16.4. The van der Waals surface area contributed by atoms with Crippen LogP contribution in [0.25, 0.3) is 0 Å². The van der Waals surface area contributed by atoms with Crippen molar-refractivity contribution in [3.63, 3.8) is 0 Å². The van der Waals surface area contributed by atoms with E-state index in [2.05, 4.69) is 53.2 Å². The number of hydrogen-bond donors (Lipinski definition) is 2. The van der Waals surface area contributed by atoms with Gasteiger partial charge in [-0.1, -0.05) is 78.7 Å². The number of carbonyl (C=O) groups excluding carboxylic acids is 4. The van der Waals surface area contributed by atoms with Gasteiger partial charge in [0, 0.05) is 49.4 Å². The normalized spacial score (nSPS) is 25.6. The molecule has 10 atom stereocenters. The molecule has 3 fully saturated rings. The number of nitrogens with zero attached hydrogens (tertiary/aromatic N) is 3. The molecule has 1 spiro atoms. The molecule has 0 radical (unpaired) electrons. The Kier molecular flexibility index (Phi) is 15.2. The van der Waals surface area contributed by atoms with Crippen molar-refractivity contribution in [3.05, 3.63) is 85.5 Å². The van der Waals surface area contributed by atoms with Gasteiger partial charge < -0.3 is 39.3 Å². The SMILES string of the molecule is C=CCCC(=O)N[C@H](COC)[C@H](OC(=O)[C@H]1[C@@H]2O[C@@]3(CC2Br)[C@@H]1C(=O)N([C@@H](CO)[C@@H](C)CC)[C@@H]3C(=O)N(CC=C)c1ccc(N(CC)CC)cc1)c1ccccc1. The number of aliphatic hydroxyl groups is 1. The number of aliphatic hydroxyl groups excluding tert-OH is 1. The molecule has 5 rings (SSSR count). The molecule has 3 amide bonds. The predicted octanol–water partition coefficient (Wildman–Crippen LogP) is 5.59. The zero-order chi connectivity index (χ0) is 41.4. The number of alkyl halides is 1. The number of amides is 3. The number of hydrogen-bond acceptors (Lipinski definition) is 9. The number of benzene rings is 2. The minimum Gasteiger partial charge on any atom is -0.455 e. The van der Waals surface area contributed by atoms with Crippen molar-refractivity contribution in [1.82, 2.24) is 10.2 Å². The van der Waals surface area contributed by atoms with E-state index in [1.165, 1.54) is 12.0 Å². The quantitative estimate of drug-likeness (QED) is 0.0937. The van der Waals surface area contributed by atoms with Gasteiger partial charge in [0.05, 0.1) is 43.2 Å². The van der Waals surface area contributed by atoms with Crippen LogP contribution in [0.3, 0.4) is 0 Å². The van der Waals surface area contributed by atoms with Crippen LogP contribution in [0.1, 0.15) is 65.0 Å². The lowest BCUT2D eigenvalue weighted by atomic mass is 9.70. The summed E-state index contributed by atoms with van der Waals surface area (Å²) in [6, 6.07) is 14.1. The molecule has 0 saturated carbocycles. The van der Waals surface area contributed by atoms with Gasteiger partial charge in [0.15, 0.2) is 0 Å². The van der Waals surface area contributed by atoms with Crippen molar-refractivity contribution in [3.8, 4) is 0 Å². The Morgan fingerprint density at radius 3 is 2.32 bits per heavy atom. The average molecular weight is 852 g/mol. The van der Waals surface area contributed by atoms with E-state index in [1.54, 1.807) is 29.2 Å².